The van der Waals surface area contributed by atoms with Gasteiger partial charge in [0.15, 0.2) is 0 Å². The van der Waals surface area contributed by atoms with Crippen LogP contribution in [0.1, 0.15) is 15.4 Å². The molecule has 1 heterocycles. The van der Waals surface area contributed by atoms with Gasteiger partial charge in [-0.25, -0.2) is 17.7 Å². The lowest BCUT2D eigenvalue weighted by Gasteiger charge is -2.18. The van der Waals surface area contributed by atoms with E-state index < -0.39 is 10.0 Å². The number of rotatable bonds is 6. The van der Waals surface area contributed by atoms with Gasteiger partial charge in [-0.05, 0) is 30.3 Å². The Morgan fingerprint density at radius 3 is 2.50 bits per heavy atom. The van der Waals surface area contributed by atoms with E-state index in [2.05, 4.69) is 4.98 Å². The predicted molar refractivity (Wildman–Crippen MR) is 109 cm³/mol. The number of sulfonamides is 1. The third-order valence-corrected chi connectivity index (χ3v) is 7.08. The molecule has 2 aromatic carbocycles. The number of aromatic nitrogens is 1. The molecule has 3 aromatic rings. The van der Waals surface area contributed by atoms with Gasteiger partial charge in [0.25, 0.3) is 5.91 Å². The smallest absolute Gasteiger partial charge is 0.254 e. The van der Waals surface area contributed by atoms with Crippen molar-refractivity contribution < 1.29 is 17.9 Å². The molecule has 0 N–H and O–H groups in total. The normalized spacial score (nSPS) is 11.8. The number of ether oxygens (including phenoxy) is 1. The summed E-state index contributed by atoms with van der Waals surface area (Å²) in [6, 6.07) is 12.2. The summed E-state index contributed by atoms with van der Waals surface area (Å²) in [7, 11) is 2.17. The molecule has 7 nitrogen and oxygen atoms in total. The van der Waals surface area contributed by atoms with Gasteiger partial charge < -0.3 is 9.64 Å². The van der Waals surface area contributed by atoms with E-state index in [0.717, 1.165) is 19.5 Å². The van der Waals surface area contributed by atoms with Crippen LogP contribution in [-0.4, -0.2) is 56.8 Å². The Bertz CT molecular complexity index is 1090. The van der Waals surface area contributed by atoms with Gasteiger partial charge in [0.05, 0.1) is 23.9 Å². The summed E-state index contributed by atoms with van der Waals surface area (Å²) in [5.41, 5.74) is 1.16. The van der Waals surface area contributed by atoms with Crippen molar-refractivity contribution in [2.45, 2.75) is 11.4 Å². The van der Waals surface area contributed by atoms with Crippen LogP contribution in [0.4, 0.5) is 0 Å². The van der Waals surface area contributed by atoms with Crippen molar-refractivity contribution in [2.75, 3.05) is 28.3 Å². The van der Waals surface area contributed by atoms with Crippen LogP contribution in [0.15, 0.2) is 47.4 Å². The molecule has 0 spiro atoms. The molecular formula is C19H21N3O4S2. The molecule has 0 saturated heterocycles. The van der Waals surface area contributed by atoms with E-state index in [-0.39, 0.29) is 22.1 Å². The van der Waals surface area contributed by atoms with Crippen LogP contribution in [0, 0.1) is 0 Å². The van der Waals surface area contributed by atoms with Crippen LogP contribution in [-0.2, 0) is 16.6 Å². The van der Waals surface area contributed by atoms with Gasteiger partial charge in [0.1, 0.15) is 15.7 Å². The second kappa shape index (κ2) is 7.86. The minimum atomic E-state index is -3.75. The highest BCUT2D eigenvalue weighted by Gasteiger charge is 2.25. The van der Waals surface area contributed by atoms with Gasteiger partial charge in [-0.1, -0.05) is 12.1 Å². The van der Waals surface area contributed by atoms with Crippen LogP contribution in [0.5, 0.6) is 5.75 Å². The maximum atomic E-state index is 12.9. The zero-order valence-electron chi connectivity index (χ0n) is 16.0. The Morgan fingerprint density at radius 1 is 1.14 bits per heavy atom. The number of para-hydroxylation sites is 1. The van der Waals surface area contributed by atoms with Crippen molar-refractivity contribution in [2.24, 2.45) is 0 Å². The van der Waals surface area contributed by atoms with Gasteiger partial charge in [0, 0.05) is 26.7 Å². The first-order valence-electron chi connectivity index (χ1n) is 8.44. The summed E-state index contributed by atoms with van der Waals surface area (Å²) in [4.78, 5) is 18.9. The molecule has 9 heteroatoms. The number of carbonyl (C=O) groups excluding carboxylic acids is 1. The monoisotopic (exact) mass is 419 g/mol. The molecule has 0 aliphatic rings. The Kier molecular flexibility index (Phi) is 5.69. The first-order chi connectivity index (χ1) is 13.2. The van der Waals surface area contributed by atoms with Crippen molar-refractivity contribution in [3.05, 3.63) is 53.0 Å². The molecule has 0 atom stereocenters. The Labute approximate surface area is 168 Å². The number of hydrogen-bond donors (Lipinski definition) is 0. The van der Waals surface area contributed by atoms with Crippen LogP contribution in [0.3, 0.4) is 0 Å². The molecule has 3 rings (SSSR count). The average Bonchev–Trinajstić information content (AvgIpc) is 3.08. The molecule has 0 unspecified atom stereocenters. The molecule has 148 valence electrons. The van der Waals surface area contributed by atoms with Crippen LogP contribution < -0.4 is 4.74 Å². The van der Waals surface area contributed by atoms with Crippen molar-refractivity contribution in [3.8, 4) is 5.75 Å². The molecule has 0 bridgehead atoms. The Balaban J connectivity index is 1.88. The van der Waals surface area contributed by atoms with Gasteiger partial charge >= 0.3 is 0 Å². The number of nitrogens with zero attached hydrogens (tertiary/aromatic N) is 3. The second-order valence-electron chi connectivity index (χ2n) is 6.39. The number of benzene rings is 2. The van der Waals surface area contributed by atoms with E-state index in [1.807, 2.05) is 24.3 Å². The van der Waals surface area contributed by atoms with E-state index in [1.165, 1.54) is 49.6 Å². The van der Waals surface area contributed by atoms with Crippen molar-refractivity contribution in [1.82, 2.24) is 14.2 Å². The molecule has 28 heavy (non-hydrogen) atoms. The van der Waals surface area contributed by atoms with E-state index in [0.29, 0.717) is 6.54 Å². The van der Waals surface area contributed by atoms with Crippen molar-refractivity contribution >= 4 is 37.5 Å². The Morgan fingerprint density at radius 2 is 1.86 bits per heavy atom. The summed E-state index contributed by atoms with van der Waals surface area (Å²) in [6.45, 7) is 0.333. The predicted octanol–water partition coefficient (Wildman–Crippen LogP) is 2.83. The highest BCUT2D eigenvalue weighted by atomic mass is 32.2. The quantitative estimate of drug-likeness (QED) is 0.614. The van der Waals surface area contributed by atoms with Gasteiger partial charge in [-0.2, -0.15) is 0 Å². The summed E-state index contributed by atoms with van der Waals surface area (Å²) in [6.07, 6.45) is 0. The van der Waals surface area contributed by atoms with Crippen LogP contribution >= 0.6 is 11.3 Å². The fourth-order valence-corrected chi connectivity index (χ4v) is 4.79. The maximum Gasteiger partial charge on any atom is 0.254 e. The average molecular weight is 420 g/mol. The standard InChI is InChI=1S/C19H21N3O4S2/c1-21(2)28(24,25)17-11-13(9-10-15(17)26-4)19(23)22(3)12-18-20-14-7-5-6-8-16(14)27-18/h5-11H,12H2,1-4H3. The SMILES string of the molecule is COc1ccc(C(=O)N(C)Cc2nc3ccccc3s2)cc1S(=O)(=O)N(C)C. The first-order valence-corrected chi connectivity index (χ1v) is 10.7. The van der Waals surface area contributed by atoms with Gasteiger partial charge in [-0.15, -0.1) is 11.3 Å². The lowest BCUT2D eigenvalue weighted by Crippen LogP contribution is -2.27. The first kappa shape index (κ1) is 20.2. The molecule has 0 saturated carbocycles. The minimum Gasteiger partial charge on any atom is -0.495 e. The van der Waals surface area contributed by atoms with Crippen molar-refractivity contribution in [3.63, 3.8) is 0 Å². The van der Waals surface area contributed by atoms with E-state index >= 15 is 0 Å². The molecule has 1 aromatic heterocycles. The number of thiazole rings is 1. The third kappa shape index (κ3) is 3.87. The Hall–Kier alpha value is -2.49. The molecule has 0 aliphatic heterocycles. The number of carbonyl (C=O) groups is 1. The molecular weight excluding hydrogens is 398 g/mol. The number of hydrogen-bond acceptors (Lipinski definition) is 6. The van der Waals surface area contributed by atoms with E-state index in [9.17, 15) is 13.2 Å². The summed E-state index contributed by atoms with van der Waals surface area (Å²) >= 11 is 1.53. The zero-order valence-corrected chi connectivity index (χ0v) is 17.7. The van der Waals surface area contributed by atoms with Gasteiger partial charge in [0.2, 0.25) is 10.0 Å². The topological polar surface area (TPSA) is 79.8 Å². The minimum absolute atomic E-state index is 0.0424. The van der Waals surface area contributed by atoms with E-state index in [4.69, 9.17) is 4.74 Å². The number of amides is 1. The largest absolute Gasteiger partial charge is 0.495 e. The second-order valence-corrected chi connectivity index (χ2v) is 9.63. The summed E-state index contributed by atoms with van der Waals surface area (Å²) in [5.74, 6) is -0.101. The lowest BCUT2D eigenvalue weighted by molar-refractivity contribution is 0.0784. The van der Waals surface area contributed by atoms with Gasteiger partial charge in [-0.3, -0.25) is 4.79 Å². The fraction of sp³-hybridized carbons (Fsp3) is 0.263. The molecule has 0 fully saturated rings. The van der Waals surface area contributed by atoms with E-state index in [1.54, 1.807) is 13.1 Å². The maximum absolute atomic E-state index is 12.9. The van der Waals surface area contributed by atoms with Crippen LogP contribution in [0.2, 0.25) is 0 Å². The molecule has 0 radical (unpaired) electrons. The third-order valence-electron chi connectivity index (χ3n) is 4.23. The van der Waals surface area contributed by atoms with Crippen LogP contribution in [0.25, 0.3) is 10.2 Å². The zero-order chi connectivity index (χ0) is 20.5. The lowest BCUT2D eigenvalue weighted by atomic mass is 10.2. The molecule has 1 amide bonds. The highest BCUT2D eigenvalue weighted by molar-refractivity contribution is 7.89. The number of methoxy groups -OCH3 is 1. The molecule has 0 aliphatic carbocycles. The highest BCUT2D eigenvalue weighted by Crippen LogP contribution is 2.28. The van der Waals surface area contributed by atoms with Crippen molar-refractivity contribution in [1.29, 1.82) is 0 Å². The number of fused-ring (bicyclic) bond motifs is 1. The summed E-state index contributed by atoms with van der Waals surface area (Å²) < 4.78 is 32.4. The summed E-state index contributed by atoms with van der Waals surface area (Å²) in [5, 5.41) is 0.812. The fourth-order valence-electron chi connectivity index (χ4n) is 2.69.